The second kappa shape index (κ2) is 18.3. The third kappa shape index (κ3) is 11.0. The van der Waals surface area contributed by atoms with E-state index in [9.17, 15) is 34.0 Å². The average molecular weight is 731 g/mol. The fourth-order valence-electron chi connectivity index (χ4n) is 6.77. The molecular weight excluding hydrogens is 680 g/mol. The Labute approximate surface area is 310 Å². The maximum atomic E-state index is 14.4. The number of carbonyl (C=O) groups is 6. The summed E-state index contributed by atoms with van der Waals surface area (Å²) in [7, 11) is 0. The van der Waals surface area contributed by atoms with Crippen LogP contribution >= 0.6 is 0 Å². The topological polar surface area (TPSA) is 207 Å². The molecule has 2 aliphatic rings. The van der Waals surface area contributed by atoms with Crippen molar-refractivity contribution in [1.29, 1.82) is 5.26 Å². The Morgan fingerprint density at radius 2 is 1.75 bits per heavy atom. The largest absolute Gasteiger partial charge is 0.481 e. The van der Waals surface area contributed by atoms with Gasteiger partial charge in [-0.25, -0.2) is 0 Å². The van der Waals surface area contributed by atoms with Gasteiger partial charge in [0, 0.05) is 25.1 Å². The van der Waals surface area contributed by atoms with Crippen molar-refractivity contribution in [2.24, 2.45) is 5.92 Å². The summed E-state index contributed by atoms with van der Waals surface area (Å²) in [5, 5.41) is 29.9. The Hall–Kier alpha value is -5.45. The molecule has 2 aliphatic heterocycles. The number of fused-ring (bicyclic) bond motifs is 2. The number of aryl methyl sites for hydroxylation is 1. The van der Waals surface area contributed by atoms with E-state index in [-0.39, 0.29) is 38.3 Å². The van der Waals surface area contributed by atoms with Gasteiger partial charge in [-0.1, -0.05) is 55.8 Å². The van der Waals surface area contributed by atoms with Crippen molar-refractivity contribution < 1.29 is 38.6 Å². The van der Waals surface area contributed by atoms with Gasteiger partial charge in [0.05, 0.1) is 31.1 Å². The lowest BCUT2D eigenvalue weighted by molar-refractivity contribution is -0.147. The minimum Gasteiger partial charge on any atom is -0.481 e. The lowest BCUT2D eigenvalue weighted by Crippen LogP contribution is -2.58. The second-order valence-electron chi connectivity index (χ2n) is 14.3. The average Bonchev–Trinajstić information content (AvgIpc) is 3.53. The number of carboxylic acids is 1. The lowest BCUT2D eigenvalue weighted by Gasteiger charge is -2.40. The molecule has 4 amide bonds. The van der Waals surface area contributed by atoms with Gasteiger partial charge in [0.2, 0.25) is 23.6 Å². The maximum Gasteiger partial charge on any atom is 0.306 e. The number of carboxylic acid groups (broad SMARTS) is 1. The number of anilines is 1. The number of para-hydroxylation sites is 1. The molecule has 0 fully saturated rings. The molecule has 14 heteroatoms. The molecule has 4 rings (SSSR count). The van der Waals surface area contributed by atoms with Crippen LogP contribution in [0.3, 0.4) is 0 Å². The van der Waals surface area contributed by atoms with E-state index >= 15 is 0 Å². The van der Waals surface area contributed by atoms with Gasteiger partial charge in [0.15, 0.2) is 0 Å². The molecule has 5 N–H and O–H groups in total. The fraction of sp³-hybridized carbons (Fsp3) is 0.513. The van der Waals surface area contributed by atoms with E-state index in [1.54, 1.807) is 38.7 Å². The van der Waals surface area contributed by atoms with Crippen LogP contribution in [0.1, 0.15) is 88.1 Å². The summed E-state index contributed by atoms with van der Waals surface area (Å²) in [5.41, 5.74) is 4.52. The van der Waals surface area contributed by atoms with Crippen LogP contribution < -0.4 is 21.3 Å². The Morgan fingerprint density at radius 1 is 1.02 bits per heavy atom. The highest BCUT2D eigenvalue weighted by molar-refractivity contribution is 5.95. The highest BCUT2D eigenvalue weighted by Crippen LogP contribution is 2.34. The van der Waals surface area contributed by atoms with E-state index in [0.29, 0.717) is 12.8 Å². The van der Waals surface area contributed by atoms with Crippen molar-refractivity contribution in [3.63, 3.8) is 0 Å². The van der Waals surface area contributed by atoms with Crippen LogP contribution in [0.25, 0.3) is 0 Å². The van der Waals surface area contributed by atoms with Crippen LogP contribution in [0.4, 0.5) is 5.69 Å². The zero-order valence-corrected chi connectivity index (χ0v) is 30.9. The number of carbonyl (C=O) groups excluding carboxylic acids is 5. The Bertz CT molecular complexity index is 1710. The Balaban J connectivity index is 1.54. The number of nitriles is 1. The molecule has 1 unspecified atom stereocenters. The zero-order chi connectivity index (χ0) is 38.8. The van der Waals surface area contributed by atoms with Crippen LogP contribution in [0.2, 0.25) is 0 Å². The monoisotopic (exact) mass is 730 g/mol. The van der Waals surface area contributed by atoms with Crippen molar-refractivity contribution in [3.8, 4) is 6.07 Å². The van der Waals surface area contributed by atoms with Gasteiger partial charge in [0.1, 0.15) is 24.2 Å². The molecule has 0 aliphatic carbocycles. The van der Waals surface area contributed by atoms with Crippen molar-refractivity contribution in [2.45, 2.75) is 116 Å². The summed E-state index contributed by atoms with van der Waals surface area (Å²) in [5.74, 6) is -4.08. The maximum absolute atomic E-state index is 14.4. The summed E-state index contributed by atoms with van der Waals surface area (Å²) in [6, 6.07) is 10.3. The van der Waals surface area contributed by atoms with E-state index in [1.165, 1.54) is 0 Å². The normalized spacial score (nSPS) is 17.7. The second-order valence-corrected chi connectivity index (χ2v) is 14.3. The zero-order valence-electron chi connectivity index (χ0n) is 30.9. The quantitative estimate of drug-likeness (QED) is 0.160. The molecule has 0 radical (unpaired) electrons. The van der Waals surface area contributed by atoms with Crippen molar-refractivity contribution in [1.82, 2.24) is 20.9 Å². The fourth-order valence-corrected chi connectivity index (χ4v) is 6.77. The number of nitrogens with one attached hydrogen (secondary N) is 4. The molecular formula is C39H50N6O8. The third-order valence-corrected chi connectivity index (χ3v) is 9.38. The molecule has 53 heavy (non-hydrogen) atoms. The molecule has 0 saturated heterocycles. The minimum atomic E-state index is -1.25. The van der Waals surface area contributed by atoms with Crippen LogP contribution in [-0.2, 0) is 46.3 Å². The molecule has 0 bridgehead atoms. The predicted molar refractivity (Wildman–Crippen MR) is 195 cm³/mol. The number of hydrogen-bond donors (Lipinski definition) is 5. The first-order chi connectivity index (χ1) is 25.2. The number of benzene rings is 2. The SMILES string of the molecule is Cc1ccc2c(c1)CCN(C(=O)[C@@H](NC(=O)[C@H](CCCC(=O)OC(C)C)NC(=O)C1Cc3ccccc3N1)C(C)C)[C@@H]2CC(=O)N[C@H](C#N)CC(=O)O. The first-order valence-corrected chi connectivity index (χ1v) is 18.1. The van der Waals surface area contributed by atoms with Crippen molar-refractivity contribution >= 4 is 41.3 Å². The number of hydrogen-bond acceptors (Lipinski definition) is 9. The first-order valence-electron chi connectivity index (χ1n) is 18.1. The summed E-state index contributed by atoms with van der Waals surface area (Å²) >= 11 is 0. The summed E-state index contributed by atoms with van der Waals surface area (Å²) in [4.78, 5) is 80.3. The Kier molecular flexibility index (Phi) is 14.0. The number of amides is 4. The standard InChI is InChI=1S/C39H50N6O8/c1-22(2)36(39(52)45-16-15-25-17-24(5)13-14-28(25)32(45)20-33(46)41-27(21-40)19-34(47)48)44-37(50)30(11-8-12-35(49)53-23(3)4)43-38(51)31-18-26-9-6-7-10-29(26)42-31/h6-7,9-10,13-14,17,22-23,27,30-32,36,42H,8,11-12,15-16,18-20H2,1-5H3,(H,41,46)(H,43,51)(H,44,50)(H,47,48)/t27-,30-,31?,32+,36-/m0/s1. The molecule has 5 atom stereocenters. The van der Waals surface area contributed by atoms with Gasteiger partial charge in [-0.05, 0) is 68.7 Å². The summed E-state index contributed by atoms with van der Waals surface area (Å²) in [6.45, 7) is 9.23. The van der Waals surface area contributed by atoms with Gasteiger partial charge in [-0.3, -0.25) is 28.8 Å². The summed E-state index contributed by atoms with van der Waals surface area (Å²) in [6.07, 6.45) is 0.210. The van der Waals surface area contributed by atoms with Gasteiger partial charge >= 0.3 is 11.9 Å². The minimum absolute atomic E-state index is 0.0347. The Morgan fingerprint density at radius 3 is 2.42 bits per heavy atom. The van der Waals surface area contributed by atoms with Gasteiger partial charge in [0.25, 0.3) is 0 Å². The number of esters is 1. The molecule has 284 valence electrons. The van der Waals surface area contributed by atoms with E-state index < -0.39 is 78.1 Å². The van der Waals surface area contributed by atoms with Crippen molar-refractivity contribution in [2.75, 3.05) is 11.9 Å². The first kappa shape index (κ1) is 40.3. The molecule has 2 heterocycles. The van der Waals surface area contributed by atoms with E-state index in [1.807, 2.05) is 49.4 Å². The summed E-state index contributed by atoms with van der Waals surface area (Å²) < 4.78 is 5.24. The highest BCUT2D eigenvalue weighted by atomic mass is 16.5. The van der Waals surface area contributed by atoms with Crippen LogP contribution in [-0.4, -0.2) is 82.4 Å². The van der Waals surface area contributed by atoms with E-state index in [2.05, 4.69) is 21.3 Å². The van der Waals surface area contributed by atoms with Crippen LogP contribution in [0, 0.1) is 24.2 Å². The number of nitrogens with zero attached hydrogens (tertiary/aromatic N) is 2. The highest BCUT2D eigenvalue weighted by Gasteiger charge is 2.39. The number of aliphatic carboxylic acids is 1. The predicted octanol–water partition coefficient (Wildman–Crippen LogP) is 3.08. The van der Waals surface area contributed by atoms with Crippen molar-refractivity contribution in [3.05, 3.63) is 64.7 Å². The van der Waals surface area contributed by atoms with Crippen LogP contribution in [0.5, 0.6) is 0 Å². The molecule has 0 aromatic heterocycles. The molecule has 0 saturated carbocycles. The number of ether oxygens (including phenoxy) is 1. The molecule has 2 aromatic carbocycles. The molecule has 2 aromatic rings. The number of rotatable bonds is 16. The third-order valence-electron chi connectivity index (χ3n) is 9.38. The molecule has 14 nitrogen and oxygen atoms in total. The van der Waals surface area contributed by atoms with Gasteiger partial charge < -0.3 is 36.0 Å². The van der Waals surface area contributed by atoms with Crippen LogP contribution in [0.15, 0.2) is 42.5 Å². The van der Waals surface area contributed by atoms with Gasteiger partial charge in [-0.2, -0.15) is 5.26 Å². The van der Waals surface area contributed by atoms with E-state index in [4.69, 9.17) is 9.84 Å². The lowest BCUT2D eigenvalue weighted by atomic mass is 9.88. The van der Waals surface area contributed by atoms with E-state index in [0.717, 1.165) is 27.9 Å². The molecule has 0 spiro atoms. The smallest absolute Gasteiger partial charge is 0.306 e. The van der Waals surface area contributed by atoms with Gasteiger partial charge in [-0.15, -0.1) is 0 Å².